The molecule has 0 saturated carbocycles. The van der Waals surface area contributed by atoms with Crippen LogP contribution in [0.15, 0.2) is 22.7 Å². The topological polar surface area (TPSA) is 55.9 Å². The maximum Gasteiger partial charge on any atom is 0.125 e. The Morgan fingerprint density at radius 3 is 2.88 bits per heavy atom. The van der Waals surface area contributed by atoms with Crippen LogP contribution in [0, 0.1) is 6.92 Å². The highest BCUT2D eigenvalue weighted by Crippen LogP contribution is 2.07. The van der Waals surface area contributed by atoms with Gasteiger partial charge in [0.05, 0.1) is 11.9 Å². The van der Waals surface area contributed by atoms with Gasteiger partial charge in [-0.05, 0) is 19.1 Å². The molecule has 2 heterocycles. The molecule has 2 aromatic heterocycles. The Kier molecular flexibility index (Phi) is 3.58. The molecule has 0 aliphatic carbocycles. The van der Waals surface area contributed by atoms with E-state index in [1.807, 2.05) is 25.3 Å². The lowest BCUT2D eigenvalue weighted by Crippen LogP contribution is -2.21. The third kappa shape index (κ3) is 3.42. The number of nitrogens with one attached hydrogen (secondary N) is 1. The van der Waals surface area contributed by atoms with Crippen molar-refractivity contribution in [3.05, 3.63) is 35.5 Å². The molecular weight excluding hydrogens is 216 g/mol. The van der Waals surface area contributed by atoms with Gasteiger partial charge in [0, 0.05) is 12.6 Å². The minimum Gasteiger partial charge on any atom is -0.464 e. The summed E-state index contributed by atoms with van der Waals surface area (Å²) >= 11 is 0. The zero-order chi connectivity index (χ0) is 12.3. The number of hydrogen-bond donors (Lipinski definition) is 1. The number of hydrogen-bond acceptors (Lipinski definition) is 4. The molecule has 92 valence electrons. The molecule has 0 aliphatic rings. The number of aromatic nitrogens is 3. The van der Waals surface area contributed by atoms with E-state index in [1.165, 1.54) is 0 Å². The van der Waals surface area contributed by atoms with E-state index in [2.05, 4.69) is 29.5 Å². The Hall–Kier alpha value is -1.62. The smallest absolute Gasteiger partial charge is 0.125 e. The zero-order valence-electron chi connectivity index (χ0n) is 10.5. The van der Waals surface area contributed by atoms with E-state index in [1.54, 1.807) is 4.68 Å². The molecule has 0 spiro atoms. The quantitative estimate of drug-likeness (QED) is 0.856. The van der Waals surface area contributed by atoms with Gasteiger partial charge in [0.25, 0.3) is 0 Å². The van der Waals surface area contributed by atoms with Gasteiger partial charge in [-0.15, -0.1) is 5.10 Å². The predicted molar refractivity (Wildman–Crippen MR) is 64.5 cm³/mol. The van der Waals surface area contributed by atoms with E-state index in [0.29, 0.717) is 12.6 Å². The summed E-state index contributed by atoms with van der Waals surface area (Å²) in [5, 5.41) is 11.5. The fourth-order valence-electron chi connectivity index (χ4n) is 1.54. The van der Waals surface area contributed by atoms with E-state index in [4.69, 9.17) is 4.42 Å². The van der Waals surface area contributed by atoms with Gasteiger partial charge < -0.3 is 9.73 Å². The van der Waals surface area contributed by atoms with E-state index in [0.717, 1.165) is 23.8 Å². The van der Waals surface area contributed by atoms with Crippen LogP contribution in [-0.4, -0.2) is 21.0 Å². The molecule has 2 rings (SSSR count). The molecule has 2 aromatic rings. The van der Waals surface area contributed by atoms with E-state index < -0.39 is 0 Å². The Labute approximate surface area is 101 Å². The predicted octanol–water partition coefficient (Wildman–Crippen LogP) is 1.73. The van der Waals surface area contributed by atoms with Gasteiger partial charge >= 0.3 is 0 Å². The van der Waals surface area contributed by atoms with Crippen molar-refractivity contribution in [3.8, 4) is 0 Å². The summed E-state index contributed by atoms with van der Waals surface area (Å²) in [6.07, 6.45) is 1.94. The lowest BCUT2D eigenvalue weighted by molar-refractivity contribution is 0.455. The van der Waals surface area contributed by atoms with E-state index in [-0.39, 0.29) is 0 Å². The molecule has 0 radical (unpaired) electrons. The summed E-state index contributed by atoms with van der Waals surface area (Å²) in [7, 11) is 0. The third-order valence-electron chi connectivity index (χ3n) is 2.39. The maximum absolute atomic E-state index is 5.49. The zero-order valence-corrected chi connectivity index (χ0v) is 10.5. The van der Waals surface area contributed by atoms with Crippen LogP contribution >= 0.6 is 0 Å². The Morgan fingerprint density at radius 2 is 2.24 bits per heavy atom. The Balaban J connectivity index is 1.94. The highest BCUT2D eigenvalue weighted by Gasteiger charge is 2.04. The first-order valence-corrected chi connectivity index (χ1v) is 5.81. The number of rotatable bonds is 5. The van der Waals surface area contributed by atoms with Crippen LogP contribution in [0.1, 0.15) is 31.1 Å². The molecule has 0 saturated heterocycles. The van der Waals surface area contributed by atoms with Crippen molar-refractivity contribution in [2.75, 3.05) is 0 Å². The van der Waals surface area contributed by atoms with Crippen LogP contribution in [0.4, 0.5) is 0 Å². The SMILES string of the molecule is Cc1ccc(Cn2cc(CNC(C)C)nn2)o1. The molecular formula is C12H18N4O. The average molecular weight is 234 g/mol. The summed E-state index contributed by atoms with van der Waals surface area (Å²) in [5.74, 6) is 1.82. The number of nitrogens with zero attached hydrogens (tertiary/aromatic N) is 3. The first kappa shape index (κ1) is 11.9. The van der Waals surface area contributed by atoms with Gasteiger partial charge in [-0.3, -0.25) is 0 Å². The van der Waals surface area contributed by atoms with Gasteiger partial charge in [-0.2, -0.15) is 0 Å². The van der Waals surface area contributed by atoms with Crippen LogP contribution in [0.25, 0.3) is 0 Å². The summed E-state index contributed by atoms with van der Waals surface area (Å²) < 4.78 is 7.28. The normalized spacial score (nSPS) is 11.3. The van der Waals surface area contributed by atoms with Crippen molar-refractivity contribution in [1.29, 1.82) is 0 Å². The second-order valence-corrected chi connectivity index (χ2v) is 4.46. The lowest BCUT2D eigenvalue weighted by atomic mass is 10.3. The van der Waals surface area contributed by atoms with E-state index >= 15 is 0 Å². The van der Waals surface area contributed by atoms with Crippen molar-refractivity contribution in [1.82, 2.24) is 20.3 Å². The number of furan rings is 1. The van der Waals surface area contributed by atoms with Crippen LogP contribution in [0.5, 0.6) is 0 Å². The van der Waals surface area contributed by atoms with Crippen molar-refractivity contribution in [3.63, 3.8) is 0 Å². The van der Waals surface area contributed by atoms with Crippen LogP contribution in [0.2, 0.25) is 0 Å². The second-order valence-electron chi connectivity index (χ2n) is 4.46. The van der Waals surface area contributed by atoms with Gasteiger partial charge in [-0.25, -0.2) is 4.68 Å². The minimum atomic E-state index is 0.452. The highest BCUT2D eigenvalue weighted by molar-refractivity contribution is 5.06. The molecule has 0 bridgehead atoms. The van der Waals surface area contributed by atoms with Crippen LogP contribution in [-0.2, 0) is 13.1 Å². The van der Waals surface area contributed by atoms with Crippen molar-refractivity contribution in [2.45, 2.75) is 39.9 Å². The molecule has 0 aliphatic heterocycles. The van der Waals surface area contributed by atoms with Crippen molar-refractivity contribution in [2.24, 2.45) is 0 Å². The lowest BCUT2D eigenvalue weighted by Gasteiger charge is -2.04. The molecule has 17 heavy (non-hydrogen) atoms. The number of aryl methyl sites for hydroxylation is 1. The largest absolute Gasteiger partial charge is 0.464 e. The van der Waals surface area contributed by atoms with Gasteiger partial charge in [0.2, 0.25) is 0 Å². The molecule has 0 fully saturated rings. The maximum atomic E-state index is 5.49. The molecule has 0 amide bonds. The molecule has 5 nitrogen and oxygen atoms in total. The third-order valence-corrected chi connectivity index (χ3v) is 2.39. The van der Waals surface area contributed by atoms with Gasteiger partial charge in [0.15, 0.2) is 0 Å². The first-order chi connectivity index (χ1) is 8.13. The minimum absolute atomic E-state index is 0.452. The standard InChI is InChI=1S/C12H18N4O/c1-9(2)13-6-11-7-16(15-14-11)8-12-5-4-10(3)17-12/h4-5,7,9,13H,6,8H2,1-3H3. The van der Waals surface area contributed by atoms with Crippen molar-refractivity contribution < 1.29 is 4.42 Å². The van der Waals surface area contributed by atoms with E-state index in [9.17, 15) is 0 Å². The van der Waals surface area contributed by atoms with Gasteiger partial charge in [-0.1, -0.05) is 19.1 Å². The molecule has 0 atom stereocenters. The molecule has 1 N–H and O–H groups in total. The molecule has 0 unspecified atom stereocenters. The Morgan fingerprint density at radius 1 is 1.41 bits per heavy atom. The fourth-order valence-corrected chi connectivity index (χ4v) is 1.54. The molecule has 5 heteroatoms. The summed E-state index contributed by atoms with van der Waals surface area (Å²) in [6, 6.07) is 4.36. The summed E-state index contributed by atoms with van der Waals surface area (Å²) in [5.41, 5.74) is 0.946. The Bertz CT molecular complexity index is 472. The van der Waals surface area contributed by atoms with Crippen molar-refractivity contribution >= 4 is 0 Å². The first-order valence-electron chi connectivity index (χ1n) is 5.81. The highest BCUT2D eigenvalue weighted by atomic mass is 16.3. The second kappa shape index (κ2) is 5.14. The van der Waals surface area contributed by atoms with Crippen LogP contribution < -0.4 is 5.32 Å². The summed E-state index contributed by atoms with van der Waals surface area (Å²) in [6.45, 7) is 7.52. The monoisotopic (exact) mass is 234 g/mol. The fraction of sp³-hybridized carbons (Fsp3) is 0.500. The van der Waals surface area contributed by atoms with Crippen LogP contribution in [0.3, 0.4) is 0 Å². The summed E-state index contributed by atoms with van der Waals surface area (Å²) in [4.78, 5) is 0. The molecule has 0 aromatic carbocycles. The van der Waals surface area contributed by atoms with Gasteiger partial charge in [0.1, 0.15) is 18.1 Å². The average Bonchev–Trinajstić information content (AvgIpc) is 2.86.